The van der Waals surface area contributed by atoms with E-state index in [9.17, 15) is 4.79 Å². The van der Waals surface area contributed by atoms with E-state index in [2.05, 4.69) is 36.2 Å². The fourth-order valence-electron chi connectivity index (χ4n) is 4.03. The normalized spacial score (nSPS) is 11.5. The van der Waals surface area contributed by atoms with Crippen LogP contribution >= 0.6 is 11.3 Å². The number of hydrogen-bond donors (Lipinski definition) is 2. The van der Waals surface area contributed by atoms with Crippen LogP contribution in [0.3, 0.4) is 0 Å². The smallest absolute Gasteiger partial charge is 0.169 e. The van der Waals surface area contributed by atoms with Crippen molar-refractivity contribution in [3.63, 3.8) is 0 Å². The molecule has 6 aromatic heterocycles. The van der Waals surface area contributed by atoms with Crippen molar-refractivity contribution in [3.8, 4) is 33.2 Å². The summed E-state index contributed by atoms with van der Waals surface area (Å²) in [6, 6.07) is 11.8. The van der Waals surface area contributed by atoms with Crippen molar-refractivity contribution >= 4 is 38.9 Å². The molecule has 0 atom stereocenters. The molecule has 0 fully saturated rings. The number of aryl methyl sites for hydroxylation is 1. The van der Waals surface area contributed by atoms with Gasteiger partial charge < -0.3 is 4.98 Å². The number of pyridine rings is 3. The number of thiophene rings is 1. The molecule has 160 valence electrons. The summed E-state index contributed by atoms with van der Waals surface area (Å²) in [5.41, 5.74) is 7.32. The first-order valence-corrected chi connectivity index (χ1v) is 11.2. The number of carbonyl (C=O) groups excluding carboxylic acids is 1. The predicted molar refractivity (Wildman–Crippen MR) is 130 cm³/mol. The Kier molecular flexibility index (Phi) is 4.41. The summed E-state index contributed by atoms with van der Waals surface area (Å²) in [5, 5.41) is 9.62. The van der Waals surface area contributed by atoms with Gasteiger partial charge in [-0.15, -0.1) is 11.3 Å². The van der Waals surface area contributed by atoms with Gasteiger partial charge in [-0.1, -0.05) is 0 Å². The van der Waals surface area contributed by atoms with E-state index in [4.69, 9.17) is 0 Å². The summed E-state index contributed by atoms with van der Waals surface area (Å²) in [6.45, 7) is 3.63. The highest BCUT2D eigenvalue weighted by Crippen LogP contribution is 2.36. The summed E-state index contributed by atoms with van der Waals surface area (Å²) < 4.78 is 0. The topological polar surface area (TPSA) is 100 Å². The monoisotopic (exact) mass is 450 g/mol. The molecule has 0 spiro atoms. The van der Waals surface area contributed by atoms with E-state index in [-0.39, 0.29) is 5.78 Å². The number of nitrogens with zero attached hydrogens (tertiary/aromatic N) is 4. The van der Waals surface area contributed by atoms with Crippen LogP contribution in [0.2, 0.25) is 0 Å². The largest absolute Gasteiger partial charge is 0.353 e. The third-order valence-electron chi connectivity index (χ3n) is 5.75. The van der Waals surface area contributed by atoms with E-state index in [0.29, 0.717) is 0 Å². The lowest BCUT2D eigenvalue weighted by molar-refractivity contribution is 0.102. The Hall–Kier alpha value is -4.17. The molecule has 0 aliphatic rings. The second kappa shape index (κ2) is 7.46. The first-order valence-electron chi connectivity index (χ1n) is 10.4. The number of Topliss-reactive ketones (excluding diaryl/α,β-unsaturated/α-hetero) is 1. The molecule has 7 nitrogen and oxygen atoms in total. The van der Waals surface area contributed by atoms with Crippen molar-refractivity contribution in [3.05, 3.63) is 71.6 Å². The summed E-state index contributed by atoms with van der Waals surface area (Å²) in [6.07, 6.45) is 7.20. The van der Waals surface area contributed by atoms with Crippen molar-refractivity contribution in [2.75, 3.05) is 0 Å². The number of hydrogen-bond acceptors (Lipinski definition) is 6. The lowest BCUT2D eigenvalue weighted by atomic mass is 10.1. The Labute approximate surface area is 192 Å². The Morgan fingerprint density at radius 3 is 2.64 bits per heavy atom. The van der Waals surface area contributed by atoms with E-state index in [0.717, 1.165) is 65.5 Å². The molecule has 8 heteroatoms. The zero-order chi connectivity index (χ0) is 22.5. The molecule has 0 aliphatic heterocycles. The molecule has 0 radical (unpaired) electrons. The molecular formula is C25H18N6OS. The van der Waals surface area contributed by atoms with Gasteiger partial charge >= 0.3 is 0 Å². The zero-order valence-corrected chi connectivity index (χ0v) is 18.7. The molecule has 6 rings (SSSR count). The van der Waals surface area contributed by atoms with E-state index in [1.54, 1.807) is 25.5 Å². The van der Waals surface area contributed by atoms with Gasteiger partial charge in [0.2, 0.25) is 0 Å². The van der Waals surface area contributed by atoms with Gasteiger partial charge in [-0.05, 0) is 55.8 Å². The summed E-state index contributed by atoms with van der Waals surface area (Å²) >= 11 is 1.46. The van der Waals surface area contributed by atoms with E-state index in [1.165, 1.54) is 11.3 Å². The fraction of sp³-hybridized carbons (Fsp3) is 0.0800. The fourth-order valence-corrected chi connectivity index (χ4v) is 4.95. The van der Waals surface area contributed by atoms with Crippen LogP contribution in [0.15, 0.2) is 61.2 Å². The lowest BCUT2D eigenvalue weighted by Gasteiger charge is -2.04. The quantitative estimate of drug-likeness (QED) is 0.331. The van der Waals surface area contributed by atoms with Gasteiger partial charge in [0, 0.05) is 40.4 Å². The first kappa shape index (κ1) is 19.5. The van der Waals surface area contributed by atoms with Crippen molar-refractivity contribution < 1.29 is 4.79 Å². The molecule has 0 aromatic carbocycles. The van der Waals surface area contributed by atoms with Crippen LogP contribution in [0, 0.1) is 6.92 Å². The number of nitrogens with one attached hydrogen (secondary N) is 2. The van der Waals surface area contributed by atoms with Gasteiger partial charge in [0.25, 0.3) is 0 Å². The predicted octanol–water partition coefficient (Wildman–Crippen LogP) is 5.80. The van der Waals surface area contributed by atoms with Gasteiger partial charge in [-0.2, -0.15) is 5.10 Å². The highest BCUT2D eigenvalue weighted by atomic mass is 32.1. The minimum atomic E-state index is 0.0597. The highest BCUT2D eigenvalue weighted by Gasteiger charge is 2.17. The van der Waals surface area contributed by atoms with Crippen molar-refractivity contribution in [1.82, 2.24) is 30.1 Å². The molecule has 33 heavy (non-hydrogen) atoms. The van der Waals surface area contributed by atoms with Gasteiger partial charge in [-0.25, -0.2) is 0 Å². The molecule has 0 aliphatic carbocycles. The number of rotatable bonds is 4. The van der Waals surface area contributed by atoms with Crippen LogP contribution in [0.25, 0.3) is 55.0 Å². The van der Waals surface area contributed by atoms with Crippen LogP contribution in [-0.2, 0) is 0 Å². The number of fused-ring (bicyclic) bond motifs is 2. The Morgan fingerprint density at radius 1 is 0.939 bits per heavy atom. The second-order valence-corrected chi connectivity index (χ2v) is 8.99. The Bertz CT molecular complexity index is 1680. The van der Waals surface area contributed by atoms with Gasteiger partial charge in [0.15, 0.2) is 5.78 Å². The van der Waals surface area contributed by atoms with Crippen LogP contribution in [0.4, 0.5) is 0 Å². The number of carbonyl (C=O) groups is 1. The Morgan fingerprint density at radius 2 is 1.82 bits per heavy atom. The zero-order valence-electron chi connectivity index (χ0n) is 17.9. The van der Waals surface area contributed by atoms with E-state index >= 15 is 0 Å². The number of aromatic nitrogens is 6. The van der Waals surface area contributed by atoms with Crippen molar-refractivity contribution in [1.29, 1.82) is 0 Å². The molecule has 0 unspecified atom stereocenters. The summed E-state index contributed by atoms with van der Waals surface area (Å²) in [5.74, 6) is 0.0597. The van der Waals surface area contributed by atoms with Crippen LogP contribution < -0.4 is 0 Å². The summed E-state index contributed by atoms with van der Waals surface area (Å²) in [7, 11) is 0. The third kappa shape index (κ3) is 3.23. The number of H-pyrrole nitrogens is 2. The Balaban J connectivity index is 1.49. The van der Waals surface area contributed by atoms with Crippen molar-refractivity contribution in [2.24, 2.45) is 0 Å². The van der Waals surface area contributed by atoms with Crippen molar-refractivity contribution in [2.45, 2.75) is 13.8 Å². The van der Waals surface area contributed by atoms with Crippen LogP contribution in [-0.4, -0.2) is 35.9 Å². The molecular weight excluding hydrogens is 432 g/mol. The molecule has 6 heterocycles. The molecule has 0 saturated carbocycles. The maximum absolute atomic E-state index is 11.8. The number of ketones is 1. The van der Waals surface area contributed by atoms with Gasteiger partial charge in [0.05, 0.1) is 38.5 Å². The minimum Gasteiger partial charge on any atom is -0.353 e. The average Bonchev–Trinajstić information content (AvgIpc) is 3.56. The highest BCUT2D eigenvalue weighted by molar-refractivity contribution is 7.17. The molecule has 0 saturated heterocycles. The van der Waals surface area contributed by atoms with E-state index < -0.39 is 0 Å². The van der Waals surface area contributed by atoms with Gasteiger partial charge in [-0.3, -0.25) is 24.8 Å². The van der Waals surface area contributed by atoms with Crippen LogP contribution in [0.5, 0.6) is 0 Å². The van der Waals surface area contributed by atoms with Gasteiger partial charge in [0.1, 0.15) is 5.69 Å². The standard InChI is InChI=1S/C25H18N6OS/c1-13-5-7-26-11-17(13)19-9-16-21(12-28-19)30-31-24(16)20-10-15-18(29-20)6-8-27-25(15)23-4-3-22(33-23)14(2)32/h3-12,29H,1-2H3,(H,30,31). The molecule has 0 bridgehead atoms. The lowest BCUT2D eigenvalue weighted by Crippen LogP contribution is -1.88. The maximum atomic E-state index is 11.8. The summed E-state index contributed by atoms with van der Waals surface area (Å²) in [4.78, 5) is 30.4. The minimum absolute atomic E-state index is 0.0597. The molecule has 0 amide bonds. The maximum Gasteiger partial charge on any atom is 0.169 e. The average molecular weight is 451 g/mol. The number of aromatic amines is 2. The molecule has 6 aromatic rings. The second-order valence-electron chi connectivity index (χ2n) is 7.90. The SMILES string of the molecule is CC(=O)c1ccc(-c2nccc3[nH]c(-c4n[nH]c5cnc(-c6cnccc6C)cc45)cc23)s1. The molecule has 2 N–H and O–H groups in total. The first-order chi connectivity index (χ1) is 16.1. The third-order valence-corrected chi connectivity index (χ3v) is 6.94. The van der Waals surface area contributed by atoms with Crippen LogP contribution in [0.1, 0.15) is 22.2 Å². The van der Waals surface area contributed by atoms with E-state index in [1.807, 2.05) is 43.5 Å².